The fourth-order valence-corrected chi connectivity index (χ4v) is 1.93. The highest BCUT2D eigenvalue weighted by molar-refractivity contribution is 9.09. The van der Waals surface area contributed by atoms with Crippen LogP contribution >= 0.6 is 15.9 Å². The number of alkyl halides is 1. The number of rotatable bonds is 4. The molecule has 0 bridgehead atoms. The van der Waals surface area contributed by atoms with Gasteiger partial charge in [0.15, 0.2) is 0 Å². The summed E-state index contributed by atoms with van der Waals surface area (Å²) >= 11 is 3.61. The Hall–Kier alpha value is -1.35. The smallest absolute Gasteiger partial charge is 0.127 e. The molecule has 0 N–H and O–H groups in total. The Morgan fingerprint density at radius 2 is 1.83 bits per heavy atom. The lowest BCUT2D eigenvalue weighted by Gasteiger charge is -2.10. The van der Waals surface area contributed by atoms with Gasteiger partial charge in [-0.05, 0) is 48.4 Å². The van der Waals surface area contributed by atoms with E-state index in [4.69, 9.17) is 4.74 Å². The largest absolute Gasteiger partial charge is 0.457 e. The van der Waals surface area contributed by atoms with Gasteiger partial charge < -0.3 is 4.74 Å². The number of hydrogen-bond acceptors (Lipinski definition) is 1. The monoisotopic (exact) mass is 308 g/mol. The highest BCUT2D eigenvalue weighted by atomic mass is 79.9. The fourth-order valence-electron chi connectivity index (χ4n) is 1.65. The molecule has 0 radical (unpaired) electrons. The molecule has 0 saturated heterocycles. The van der Waals surface area contributed by atoms with E-state index in [0.717, 1.165) is 12.2 Å². The molecule has 2 aromatic rings. The number of hydrogen-bond donors (Lipinski definition) is 0. The molecule has 18 heavy (non-hydrogen) atoms. The maximum atomic E-state index is 12.8. The van der Waals surface area contributed by atoms with Gasteiger partial charge in [-0.2, -0.15) is 0 Å². The van der Waals surface area contributed by atoms with Crippen LogP contribution in [0.3, 0.4) is 0 Å². The molecule has 1 unspecified atom stereocenters. The zero-order valence-corrected chi connectivity index (χ0v) is 11.7. The molecule has 0 spiro atoms. The molecule has 0 aliphatic rings. The van der Waals surface area contributed by atoms with Crippen LogP contribution in [0, 0.1) is 5.82 Å². The predicted molar refractivity (Wildman–Crippen MR) is 74.9 cm³/mol. The van der Waals surface area contributed by atoms with Crippen molar-refractivity contribution in [2.24, 2.45) is 0 Å². The molecular formula is C15H14BrFO. The molecule has 0 aliphatic carbocycles. The van der Waals surface area contributed by atoms with Gasteiger partial charge in [-0.1, -0.05) is 35.0 Å². The van der Waals surface area contributed by atoms with Crippen molar-refractivity contribution in [1.82, 2.24) is 0 Å². The fraction of sp³-hybridized carbons (Fsp3) is 0.200. The zero-order chi connectivity index (χ0) is 13.0. The minimum absolute atomic E-state index is 0.261. The lowest BCUT2D eigenvalue weighted by atomic mass is 10.1. The summed E-state index contributed by atoms with van der Waals surface area (Å²) in [6.45, 7) is 2.12. The Balaban J connectivity index is 2.16. The van der Waals surface area contributed by atoms with Gasteiger partial charge in [0.25, 0.3) is 0 Å². The average Bonchev–Trinajstić information content (AvgIpc) is 2.41. The number of ether oxygens (including phenoxy) is 1. The SMILES string of the molecule is CCC(Br)c1cccc(Oc2ccc(F)cc2)c1. The lowest BCUT2D eigenvalue weighted by molar-refractivity contribution is 0.480. The van der Waals surface area contributed by atoms with Gasteiger partial charge in [-0.25, -0.2) is 4.39 Å². The molecule has 94 valence electrons. The Bertz CT molecular complexity index is 510. The first-order valence-corrected chi connectivity index (χ1v) is 6.78. The normalized spacial score (nSPS) is 12.2. The van der Waals surface area contributed by atoms with Crippen LogP contribution in [0.5, 0.6) is 11.5 Å². The van der Waals surface area contributed by atoms with E-state index in [0.29, 0.717) is 10.6 Å². The topological polar surface area (TPSA) is 9.23 Å². The first-order chi connectivity index (χ1) is 8.69. The highest BCUT2D eigenvalue weighted by Crippen LogP contribution is 2.30. The maximum absolute atomic E-state index is 12.8. The summed E-state index contributed by atoms with van der Waals surface area (Å²) in [6.07, 6.45) is 1.01. The number of halogens is 2. The van der Waals surface area contributed by atoms with Crippen LogP contribution in [0.2, 0.25) is 0 Å². The summed E-state index contributed by atoms with van der Waals surface area (Å²) in [5.41, 5.74) is 1.18. The molecule has 0 fully saturated rings. The minimum atomic E-state index is -0.261. The molecule has 3 heteroatoms. The molecular weight excluding hydrogens is 295 g/mol. The molecule has 0 amide bonds. The van der Waals surface area contributed by atoms with Crippen molar-refractivity contribution in [1.29, 1.82) is 0 Å². The summed E-state index contributed by atoms with van der Waals surface area (Å²) in [5.74, 6) is 1.13. The average molecular weight is 309 g/mol. The summed E-state index contributed by atoms with van der Waals surface area (Å²) in [5, 5.41) is 0. The van der Waals surface area contributed by atoms with Gasteiger partial charge >= 0.3 is 0 Å². The molecule has 0 heterocycles. The third-order valence-corrected chi connectivity index (χ3v) is 3.80. The summed E-state index contributed by atoms with van der Waals surface area (Å²) in [4.78, 5) is 0.328. The van der Waals surface area contributed by atoms with Crippen molar-refractivity contribution in [2.45, 2.75) is 18.2 Å². The van der Waals surface area contributed by atoms with Crippen LogP contribution in [-0.4, -0.2) is 0 Å². The van der Waals surface area contributed by atoms with E-state index in [2.05, 4.69) is 28.9 Å². The summed E-state index contributed by atoms with van der Waals surface area (Å²) in [6, 6.07) is 13.9. The van der Waals surface area contributed by atoms with E-state index in [9.17, 15) is 4.39 Å². The first kappa shape index (κ1) is 13.1. The van der Waals surface area contributed by atoms with E-state index in [-0.39, 0.29) is 5.82 Å². The van der Waals surface area contributed by atoms with Crippen molar-refractivity contribution in [3.05, 3.63) is 59.9 Å². The Kier molecular flexibility index (Phi) is 4.37. The van der Waals surface area contributed by atoms with Crippen LogP contribution < -0.4 is 4.74 Å². The third kappa shape index (κ3) is 3.33. The van der Waals surface area contributed by atoms with E-state index in [1.165, 1.54) is 17.7 Å². The van der Waals surface area contributed by atoms with Gasteiger partial charge in [-0.15, -0.1) is 0 Å². The van der Waals surface area contributed by atoms with Crippen LogP contribution in [-0.2, 0) is 0 Å². The molecule has 1 nitrogen and oxygen atoms in total. The second-order valence-corrected chi connectivity index (χ2v) is 5.11. The Morgan fingerprint density at radius 3 is 2.50 bits per heavy atom. The molecule has 2 aromatic carbocycles. The zero-order valence-electron chi connectivity index (χ0n) is 10.1. The molecule has 0 saturated carbocycles. The van der Waals surface area contributed by atoms with E-state index < -0.39 is 0 Å². The van der Waals surface area contributed by atoms with Crippen LogP contribution in [0.15, 0.2) is 48.5 Å². The second-order valence-electron chi connectivity index (χ2n) is 4.00. The van der Waals surface area contributed by atoms with Crippen LogP contribution in [0.25, 0.3) is 0 Å². The van der Waals surface area contributed by atoms with E-state index in [1.807, 2.05) is 18.2 Å². The van der Waals surface area contributed by atoms with Gasteiger partial charge in [0.1, 0.15) is 17.3 Å². The van der Waals surface area contributed by atoms with Gasteiger partial charge in [0.2, 0.25) is 0 Å². The van der Waals surface area contributed by atoms with Gasteiger partial charge in [0.05, 0.1) is 0 Å². The van der Waals surface area contributed by atoms with Crippen LogP contribution in [0.4, 0.5) is 4.39 Å². The molecule has 0 aromatic heterocycles. The summed E-state index contributed by atoms with van der Waals surface area (Å²) < 4.78 is 18.5. The molecule has 1 atom stereocenters. The van der Waals surface area contributed by atoms with Crippen molar-refractivity contribution in [3.8, 4) is 11.5 Å². The predicted octanol–water partition coefficient (Wildman–Crippen LogP) is 5.46. The quantitative estimate of drug-likeness (QED) is 0.681. The van der Waals surface area contributed by atoms with Crippen molar-refractivity contribution in [3.63, 3.8) is 0 Å². The van der Waals surface area contributed by atoms with Gasteiger partial charge in [0, 0.05) is 4.83 Å². The third-order valence-electron chi connectivity index (χ3n) is 2.63. The standard InChI is InChI=1S/C15H14BrFO/c1-2-15(16)11-4-3-5-14(10-11)18-13-8-6-12(17)7-9-13/h3-10,15H,2H2,1H3. The highest BCUT2D eigenvalue weighted by Gasteiger charge is 2.06. The molecule has 2 rings (SSSR count). The lowest BCUT2D eigenvalue weighted by Crippen LogP contribution is -1.90. The van der Waals surface area contributed by atoms with Crippen molar-refractivity contribution in [2.75, 3.05) is 0 Å². The van der Waals surface area contributed by atoms with Crippen molar-refractivity contribution < 1.29 is 9.13 Å². The second kappa shape index (κ2) is 6.01. The minimum Gasteiger partial charge on any atom is -0.457 e. The van der Waals surface area contributed by atoms with Gasteiger partial charge in [-0.3, -0.25) is 0 Å². The summed E-state index contributed by atoms with van der Waals surface area (Å²) in [7, 11) is 0. The van der Waals surface area contributed by atoms with Crippen molar-refractivity contribution >= 4 is 15.9 Å². The molecule has 0 aliphatic heterocycles. The van der Waals surface area contributed by atoms with E-state index >= 15 is 0 Å². The Morgan fingerprint density at radius 1 is 1.11 bits per heavy atom. The Labute approximate surface area is 115 Å². The van der Waals surface area contributed by atoms with E-state index in [1.54, 1.807) is 12.1 Å². The maximum Gasteiger partial charge on any atom is 0.127 e. The number of benzene rings is 2. The first-order valence-electron chi connectivity index (χ1n) is 5.86. The van der Waals surface area contributed by atoms with Crippen LogP contribution in [0.1, 0.15) is 23.7 Å².